The Kier molecular flexibility index (Phi) is 3.71. The average molecular weight is 396 g/mol. The molecule has 6 nitrogen and oxygen atoms in total. The highest BCUT2D eigenvalue weighted by Gasteiger charge is 2.63. The number of benzene rings is 1. The third-order valence-electron chi connectivity index (χ3n) is 6.54. The van der Waals surface area contributed by atoms with Crippen molar-refractivity contribution in [1.82, 2.24) is 14.9 Å². The predicted octanol–water partition coefficient (Wildman–Crippen LogP) is 2.67. The zero-order chi connectivity index (χ0) is 18.1. The van der Waals surface area contributed by atoms with Crippen molar-refractivity contribution in [3.63, 3.8) is 0 Å². The first kappa shape index (κ1) is 17.0. The lowest BCUT2D eigenvalue weighted by atomic mass is 9.86. The van der Waals surface area contributed by atoms with Crippen molar-refractivity contribution in [1.29, 1.82) is 0 Å². The van der Waals surface area contributed by atoms with Crippen molar-refractivity contribution < 1.29 is 13.5 Å². The molecule has 5 rings (SSSR count). The van der Waals surface area contributed by atoms with E-state index in [0.717, 1.165) is 42.1 Å². The molecule has 140 valence electrons. The van der Waals surface area contributed by atoms with E-state index in [1.807, 2.05) is 6.07 Å². The van der Waals surface area contributed by atoms with Crippen molar-refractivity contribution >= 4 is 32.5 Å². The van der Waals surface area contributed by atoms with E-state index in [0.29, 0.717) is 17.9 Å². The van der Waals surface area contributed by atoms with Crippen LogP contribution in [0.2, 0.25) is 5.02 Å². The van der Waals surface area contributed by atoms with Crippen LogP contribution in [-0.2, 0) is 15.6 Å². The van der Waals surface area contributed by atoms with Crippen molar-refractivity contribution in [2.24, 2.45) is 11.8 Å². The van der Waals surface area contributed by atoms with Gasteiger partial charge in [0.25, 0.3) is 0 Å². The Balaban J connectivity index is 1.34. The highest BCUT2D eigenvalue weighted by molar-refractivity contribution is 7.90. The molecule has 3 saturated carbocycles. The van der Waals surface area contributed by atoms with Gasteiger partial charge in [0, 0.05) is 16.5 Å². The molecule has 0 aliphatic heterocycles. The number of aliphatic hydroxyl groups is 1. The minimum atomic E-state index is -3.24. The summed E-state index contributed by atoms with van der Waals surface area (Å²) in [5, 5.41) is 19.4. The first-order valence-corrected chi connectivity index (χ1v) is 11.2. The normalized spacial score (nSPS) is 34.5. The minimum absolute atomic E-state index is 0.0279. The van der Waals surface area contributed by atoms with E-state index in [4.69, 9.17) is 11.6 Å². The smallest absolute Gasteiger partial charge is 0.214 e. The molecule has 0 radical (unpaired) electrons. The molecular weight excluding hydrogens is 374 g/mol. The summed E-state index contributed by atoms with van der Waals surface area (Å²) in [6.07, 6.45) is 6.34. The number of fused-ring (bicyclic) bond motifs is 2. The van der Waals surface area contributed by atoms with E-state index < -0.39 is 15.6 Å². The fourth-order valence-electron chi connectivity index (χ4n) is 5.15. The molecule has 0 unspecified atom stereocenters. The molecule has 4 atom stereocenters. The van der Waals surface area contributed by atoms with Gasteiger partial charge in [-0.25, -0.2) is 13.1 Å². The lowest BCUT2D eigenvalue weighted by Gasteiger charge is -2.27. The summed E-state index contributed by atoms with van der Waals surface area (Å²) >= 11 is 6.21. The van der Waals surface area contributed by atoms with Gasteiger partial charge in [-0.1, -0.05) is 24.4 Å². The van der Waals surface area contributed by atoms with Gasteiger partial charge < -0.3 is 5.11 Å². The Morgan fingerprint density at radius 2 is 1.92 bits per heavy atom. The molecule has 1 aromatic carbocycles. The standard InChI is InChI=1S/C18H22ClN3O3S/c19-10-5-15(14-9-20-21-16(14)6-10)18(23)7-12-13(8-18)17(12)22-26(24,25)11-3-1-2-4-11/h5-6,9,11-13,17,22-23H,1-4,7-8H2,(H,20,21)/t12-,13+,17+,18-. The van der Waals surface area contributed by atoms with Crippen LogP contribution >= 0.6 is 11.6 Å². The van der Waals surface area contributed by atoms with Gasteiger partial charge in [-0.15, -0.1) is 0 Å². The van der Waals surface area contributed by atoms with E-state index >= 15 is 0 Å². The van der Waals surface area contributed by atoms with Crippen LogP contribution in [0.25, 0.3) is 10.9 Å². The second-order valence-electron chi connectivity index (χ2n) is 8.15. The van der Waals surface area contributed by atoms with Gasteiger partial charge in [0.2, 0.25) is 10.0 Å². The highest BCUT2D eigenvalue weighted by Crippen LogP contribution is 2.60. The Morgan fingerprint density at radius 1 is 1.23 bits per heavy atom. The number of nitrogens with zero attached hydrogens (tertiary/aromatic N) is 1. The average Bonchev–Trinajstić information content (AvgIpc) is 3.13. The van der Waals surface area contributed by atoms with E-state index in [1.54, 1.807) is 12.3 Å². The molecule has 3 fully saturated rings. The number of aromatic nitrogens is 2. The number of rotatable bonds is 4. The maximum atomic E-state index is 12.5. The Labute approximate surface area is 157 Å². The molecular formula is C18H22ClN3O3S. The lowest BCUT2D eigenvalue weighted by molar-refractivity contribution is 0.0303. The van der Waals surface area contributed by atoms with Gasteiger partial charge in [0.1, 0.15) is 0 Å². The maximum absolute atomic E-state index is 12.5. The van der Waals surface area contributed by atoms with Crippen LogP contribution in [0.5, 0.6) is 0 Å². The largest absolute Gasteiger partial charge is 0.385 e. The molecule has 3 N–H and O–H groups in total. The summed E-state index contributed by atoms with van der Waals surface area (Å²) in [6.45, 7) is 0. The van der Waals surface area contributed by atoms with Crippen molar-refractivity contribution in [3.8, 4) is 0 Å². The summed E-state index contributed by atoms with van der Waals surface area (Å²) in [5.41, 5.74) is 0.621. The first-order chi connectivity index (χ1) is 12.4. The minimum Gasteiger partial charge on any atom is -0.385 e. The number of H-pyrrole nitrogens is 1. The molecule has 26 heavy (non-hydrogen) atoms. The second-order valence-corrected chi connectivity index (χ2v) is 10.6. The molecule has 0 bridgehead atoms. The lowest BCUT2D eigenvalue weighted by Crippen LogP contribution is -2.38. The summed E-state index contributed by atoms with van der Waals surface area (Å²) in [6, 6.07) is 3.58. The van der Waals surface area contributed by atoms with Gasteiger partial charge in [-0.05, 0) is 55.2 Å². The van der Waals surface area contributed by atoms with Gasteiger partial charge in [-0.3, -0.25) is 5.10 Å². The molecule has 3 aliphatic carbocycles. The van der Waals surface area contributed by atoms with Crippen molar-refractivity contribution in [2.45, 2.75) is 55.4 Å². The van der Waals surface area contributed by atoms with Crippen LogP contribution in [0.3, 0.4) is 0 Å². The fourth-order valence-corrected chi connectivity index (χ4v) is 7.24. The molecule has 1 heterocycles. The number of hydrogen-bond acceptors (Lipinski definition) is 4. The molecule has 8 heteroatoms. The third-order valence-corrected chi connectivity index (χ3v) is 8.71. The summed E-state index contributed by atoms with van der Waals surface area (Å²) in [4.78, 5) is 0. The SMILES string of the molecule is O=S(=O)(N[C@H]1[C@@H]2C[C@](O)(c3cc(Cl)cc4[nH]ncc34)C[C@@H]21)C1CCCC1. The third kappa shape index (κ3) is 2.59. The number of nitrogens with one attached hydrogen (secondary N) is 2. The van der Waals surface area contributed by atoms with Gasteiger partial charge >= 0.3 is 0 Å². The summed E-state index contributed by atoms with van der Waals surface area (Å²) < 4.78 is 28.0. The van der Waals surface area contributed by atoms with Gasteiger partial charge in [0.15, 0.2) is 0 Å². The Hall–Kier alpha value is -1.15. The molecule has 0 amide bonds. The summed E-state index contributed by atoms with van der Waals surface area (Å²) in [7, 11) is -3.24. The van der Waals surface area contributed by atoms with Crippen LogP contribution in [0.15, 0.2) is 18.3 Å². The zero-order valence-electron chi connectivity index (χ0n) is 14.3. The molecule has 0 spiro atoms. The predicted molar refractivity (Wildman–Crippen MR) is 99.3 cm³/mol. The first-order valence-electron chi connectivity index (χ1n) is 9.24. The topological polar surface area (TPSA) is 95.1 Å². The van der Waals surface area contributed by atoms with Crippen molar-refractivity contribution in [3.05, 3.63) is 28.9 Å². The molecule has 3 aliphatic rings. The van der Waals surface area contributed by atoms with Gasteiger partial charge in [0.05, 0.1) is 22.6 Å². The van der Waals surface area contributed by atoms with Gasteiger partial charge in [-0.2, -0.15) is 5.10 Å². The number of hydrogen-bond donors (Lipinski definition) is 3. The quantitative estimate of drug-likeness (QED) is 0.741. The molecule has 2 aromatic rings. The Morgan fingerprint density at radius 3 is 2.62 bits per heavy atom. The maximum Gasteiger partial charge on any atom is 0.214 e. The van der Waals surface area contributed by atoms with Crippen LogP contribution < -0.4 is 4.72 Å². The van der Waals surface area contributed by atoms with Crippen LogP contribution in [0.4, 0.5) is 0 Å². The van der Waals surface area contributed by atoms with E-state index in [-0.39, 0.29) is 23.1 Å². The van der Waals surface area contributed by atoms with E-state index in [9.17, 15) is 13.5 Å². The Bertz CT molecular complexity index is 955. The number of aromatic amines is 1. The molecule has 0 saturated heterocycles. The monoisotopic (exact) mass is 395 g/mol. The van der Waals surface area contributed by atoms with E-state index in [1.165, 1.54) is 0 Å². The van der Waals surface area contributed by atoms with Crippen LogP contribution in [-0.4, -0.2) is 35.0 Å². The molecule has 1 aromatic heterocycles. The number of halogens is 1. The van der Waals surface area contributed by atoms with Crippen molar-refractivity contribution in [2.75, 3.05) is 0 Å². The van der Waals surface area contributed by atoms with E-state index in [2.05, 4.69) is 14.9 Å². The fraction of sp³-hybridized carbons (Fsp3) is 0.611. The number of sulfonamides is 1. The summed E-state index contributed by atoms with van der Waals surface area (Å²) in [5.74, 6) is 0.384. The van der Waals surface area contributed by atoms with Crippen LogP contribution in [0.1, 0.15) is 44.1 Å². The zero-order valence-corrected chi connectivity index (χ0v) is 15.9. The van der Waals surface area contributed by atoms with Crippen LogP contribution in [0, 0.1) is 11.8 Å². The second kappa shape index (κ2) is 5.67. The highest BCUT2D eigenvalue weighted by atomic mass is 35.5.